The number of ether oxygens (including phenoxy) is 2. The summed E-state index contributed by atoms with van der Waals surface area (Å²) < 4.78 is 31.7. The molecule has 1 atom stereocenters. The molecule has 1 unspecified atom stereocenters. The van der Waals surface area contributed by atoms with Crippen LogP contribution in [0.1, 0.15) is 25.0 Å². The van der Waals surface area contributed by atoms with Crippen LogP contribution in [0.4, 0.5) is 4.39 Å². The molecule has 0 amide bonds. The van der Waals surface area contributed by atoms with Crippen LogP contribution in [0.5, 0.6) is 5.75 Å². The van der Waals surface area contributed by atoms with Crippen LogP contribution in [0, 0.1) is 5.82 Å². The van der Waals surface area contributed by atoms with Crippen molar-refractivity contribution in [1.29, 1.82) is 0 Å². The van der Waals surface area contributed by atoms with Crippen molar-refractivity contribution >= 4 is 45.2 Å². The molecule has 170 valence electrons. The smallest absolute Gasteiger partial charge is 0.336 e. The molecule has 2 heterocycles. The first-order valence-electron chi connectivity index (χ1n) is 10.3. The Balaban J connectivity index is 1.62. The minimum absolute atomic E-state index is 0.332. The van der Waals surface area contributed by atoms with Crippen molar-refractivity contribution in [2.75, 3.05) is 7.05 Å². The lowest BCUT2D eigenvalue weighted by atomic mass is 9.90. The van der Waals surface area contributed by atoms with Crippen molar-refractivity contribution in [2.24, 2.45) is 9.98 Å². The molecule has 0 spiro atoms. The fourth-order valence-electron chi connectivity index (χ4n) is 3.53. The average Bonchev–Trinajstić information content (AvgIpc) is 2.76. The highest BCUT2D eigenvalue weighted by atomic mass is 79.9. The fourth-order valence-corrected chi connectivity index (χ4v) is 3.93. The highest BCUT2D eigenvalue weighted by Gasteiger charge is 2.39. The quantitative estimate of drug-likeness (QED) is 0.260. The molecule has 0 N–H and O–H groups in total. The van der Waals surface area contributed by atoms with Gasteiger partial charge in [-0.05, 0) is 71.2 Å². The predicted molar refractivity (Wildman–Crippen MR) is 131 cm³/mol. The van der Waals surface area contributed by atoms with Gasteiger partial charge in [-0.2, -0.15) is 0 Å². The van der Waals surface area contributed by atoms with Gasteiger partial charge in [0.05, 0.1) is 4.47 Å². The highest BCUT2D eigenvalue weighted by molar-refractivity contribution is 9.10. The maximum absolute atomic E-state index is 13.5. The van der Waals surface area contributed by atoms with Crippen molar-refractivity contribution in [3.63, 3.8) is 0 Å². The molecular formula is C25H22BrFN2O4. The van der Waals surface area contributed by atoms with Crippen molar-refractivity contribution in [3.8, 4) is 5.75 Å². The lowest BCUT2D eigenvalue weighted by molar-refractivity contribution is -0.0323. The molecule has 4 rings (SSSR count). The largest absolute Gasteiger partial charge is 0.484 e. The second-order valence-electron chi connectivity index (χ2n) is 8.12. The molecular weight excluding hydrogens is 491 g/mol. The summed E-state index contributed by atoms with van der Waals surface area (Å²) >= 11 is 3.19. The van der Waals surface area contributed by atoms with Gasteiger partial charge in [-0.1, -0.05) is 6.07 Å². The van der Waals surface area contributed by atoms with Crippen molar-refractivity contribution in [3.05, 3.63) is 80.4 Å². The number of fused-ring (bicyclic) bond motifs is 2. The zero-order chi connectivity index (χ0) is 23.6. The molecule has 8 heteroatoms. The van der Waals surface area contributed by atoms with Crippen molar-refractivity contribution in [2.45, 2.75) is 32.0 Å². The van der Waals surface area contributed by atoms with E-state index in [1.807, 2.05) is 19.9 Å². The van der Waals surface area contributed by atoms with E-state index in [9.17, 15) is 9.18 Å². The van der Waals surface area contributed by atoms with E-state index in [1.54, 1.807) is 43.5 Å². The second kappa shape index (κ2) is 9.31. The third kappa shape index (κ3) is 5.22. The van der Waals surface area contributed by atoms with E-state index < -0.39 is 11.2 Å². The van der Waals surface area contributed by atoms with Crippen LogP contribution in [0.3, 0.4) is 0 Å². The molecule has 2 aromatic carbocycles. The van der Waals surface area contributed by atoms with E-state index in [0.717, 1.165) is 16.5 Å². The van der Waals surface area contributed by atoms with Gasteiger partial charge in [-0.25, -0.2) is 14.2 Å². The molecule has 1 aliphatic heterocycles. The molecule has 3 aromatic rings. The number of hydrogen-bond donors (Lipinski definition) is 0. The van der Waals surface area contributed by atoms with Crippen molar-refractivity contribution < 1.29 is 18.3 Å². The SMILES string of the molecule is C\N=C/N=C(\C=C\c1ccc(F)c(Br)c1)OC1Cc2cc3ccc(=O)oc3cc2OC1(C)C. The first-order chi connectivity index (χ1) is 15.7. The van der Waals surface area contributed by atoms with E-state index >= 15 is 0 Å². The maximum atomic E-state index is 13.5. The van der Waals surface area contributed by atoms with Crippen LogP contribution < -0.4 is 10.4 Å². The monoisotopic (exact) mass is 512 g/mol. The zero-order valence-corrected chi connectivity index (χ0v) is 19.9. The van der Waals surface area contributed by atoms with E-state index in [4.69, 9.17) is 13.9 Å². The Morgan fingerprint density at radius 3 is 2.82 bits per heavy atom. The third-order valence-electron chi connectivity index (χ3n) is 5.28. The number of halogens is 2. The lowest BCUT2D eigenvalue weighted by Gasteiger charge is -2.39. The van der Waals surface area contributed by atoms with Crippen LogP contribution in [-0.2, 0) is 11.2 Å². The molecule has 1 aliphatic rings. The summed E-state index contributed by atoms with van der Waals surface area (Å²) in [6.07, 6.45) is 5.11. The summed E-state index contributed by atoms with van der Waals surface area (Å²) in [5, 5.41) is 0.809. The normalized spacial score (nSPS) is 18.0. The van der Waals surface area contributed by atoms with Crippen LogP contribution in [0.25, 0.3) is 17.0 Å². The molecule has 0 radical (unpaired) electrons. The lowest BCUT2D eigenvalue weighted by Crippen LogP contribution is -2.48. The molecule has 6 nitrogen and oxygen atoms in total. The molecule has 0 aliphatic carbocycles. The minimum atomic E-state index is -0.688. The number of aliphatic imine (C=N–C) groups is 2. The van der Waals surface area contributed by atoms with Gasteiger partial charge in [0.1, 0.15) is 35.2 Å². The third-order valence-corrected chi connectivity index (χ3v) is 5.89. The minimum Gasteiger partial charge on any atom is -0.484 e. The maximum Gasteiger partial charge on any atom is 0.336 e. The van der Waals surface area contributed by atoms with Gasteiger partial charge >= 0.3 is 5.63 Å². The number of benzene rings is 2. The number of rotatable bonds is 4. The fraction of sp³-hybridized carbons (Fsp3) is 0.240. The number of nitrogens with zero attached hydrogens (tertiary/aromatic N) is 2. The summed E-state index contributed by atoms with van der Waals surface area (Å²) in [7, 11) is 1.62. The van der Waals surface area contributed by atoms with Gasteiger partial charge < -0.3 is 13.9 Å². The predicted octanol–water partition coefficient (Wildman–Crippen LogP) is 5.56. The van der Waals surface area contributed by atoms with Gasteiger partial charge in [-0.15, -0.1) is 0 Å². The van der Waals surface area contributed by atoms with Crippen LogP contribution in [0.15, 0.2) is 72.2 Å². The topological polar surface area (TPSA) is 73.4 Å². The van der Waals surface area contributed by atoms with Gasteiger partial charge in [0.2, 0.25) is 5.90 Å². The van der Waals surface area contributed by atoms with Crippen molar-refractivity contribution in [1.82, 2.24) is 0 Å². The summed E-state index contributed by atoms with van der Waals surface area (Å²) in [6.45, 7) is 3.86. The molecule has 0 saturated heterocycles. The van der Waals surface area contributed by atoms with Gasteiger partial charge in [0.15, 0.2) is 0 Å². The summed E-state index contributed by atoms with van der Waals surface area (Å²) in [5.74, 6) is 0.668. The molecule has 0 bridgehead atoms. The molecule has 0 fully saturated rings. The van der Waals surface area contributed by atoms with Crippen LogP contribution in [-0.4, -0.2) is 31.0 Å². The Kier molecular flexibility index (Phi) is 6.47. The van der Waals surface area contributed by atoms with E-state index in [2.05, 4.69) is 25.9 Å². The highest BCUT2D eigenvalue weighted by Crippen LogP contribution is 2.37. The molecule has 1 aromatic heterocycles. The summed E-state index contributed by atoms with van der Waals surface area (Å²) in [5.41, 5.74) is 1.11. The van der Waals surface area contributed by atoms with E-state index in [0.29, 0.717) is 28.1 Å². The standard InChI is InChI=1S/C25H22BrFN2O4/c1-25(2)22(12-17-11-16-6-9-24(30)31-20(16)13-21(17)33-25)32-23(29-14-28-3)8-5-15-4-7-19(27)18(26)10-15/h4-11,13-14,22H,12H2,1-3H3/b8-5+,28-14-,29-23+. The Morgan fingerprint density at radius 1 is 1.24 bits per heavy atom. The summed E-state index contributed by atoms with van der Waals surface area (Å²) in [4.78, 5) is 19.8. The Morgan fingerprint density at radius 2 is 2.06 bits per heavy atom. The van der Waals surface area contributed by atoms with Crippen LogP contribution in [0.2, 0.25) is 0 Å². The average molecular weight is 513 g/mol. The Bertz CT molecular complexity index is 1340. The Labute approximate surface area is 198 Å². The second-order valence-corrected chi connectivity index (χ2v) is 8.97. The number of hydrogen-bond acceptors (Lipinski definition) is 5. The van der Waals surface area contributed by atoms with Gasteiger partial charge in [-0.3, -0.25) is 4.99 Å². The van der Waals surface area contributed by atoms with Gasteiger partial charge in [0.25, 0.3) is 0 Å². The van der Waals surface area contributed by atoms with Crippen LogP contribution >= 0.6 is 15.9 Å². The zero-order valence-electron chi connectivity index (χ0n) is 18.3. The first kappa shape index (κ1) is 22.9. The Hall–Kier alpha value is -3.26. The van der Waals surface area contributed by atoms with E-state index in [1.165, 1.54) is 18.5 Å². The summed E-state index contributed by atoms with van der Waals surface area (Å²) in [6, 6.07) is 11.5. The van der Waals surface area contributed by atoms with E-state index in [-0.39, 0.29) is 11.9 Å². The molecule has 0 saturated carbocycles. The first-order valence-corrected chi connectivity index (χ1v) is 11.1. The molecule has 33 heavy (non-hydrogen) atoms. The van der Waals surface area contributed by atoms with Gasteiger partial charge in [0, 0.05) is 37.1 Å².